The van der Waals surface area contributed by atoms with Crippen molar-refractivity contribution < 1.29 is 9.53 Å². The van der Waals surface area contributed by atoms with Gasteiger partial charge < -0.3 is 20.3 Å². The highest BCUT2D eigenvalue weighted by Crippen LogP contribution is 2.33. The number of nitrogens with zero attached hydrogens (tertiary/aromatic N) is 2. The highest BCUT2D eigenvalue weighted by molar-refractivity contribution is 5.81. The highest BCUT2D eigenvalue weighted by Gasteiger charge is 2.28. The Hall–Kier alpha value is -1.75. The number of rotatable bonds is 14. The zero-order valence-electron chi connectivity index (χ0n) is 22.5. The average Bonchev–Trinajstić information content (AvgIpc) is 2.84. The molecule has 0 spiro atoms. The first kappa shape index (κ1) is 28.5. The molecule has 34 heavy (non-hydrogen) atoms. The van der Waals surface area contributed by atoms with Gasteiger partial charge in [-0.15, -0.1) is 0 Å². The Kier molecular flexibility index (Phi) is 11.2. The number of hydrogen-bond donors (Lipinski definition) is 1. The monoisotopic (exact) mass is 473 g/mol. The Morgan fingerprint density at radius 3 is 2.06 bits per heavy atom. The van der Waals surface area contributed by atoms with Gasteiger partial charge in [0.1, 0.15) is 5.78 Å². The fourth-order valence-corrected chi connectivity index (χ4v) is 5.53. The van der Waals surface area contributed by atoms with Gasteiger partial charge in [-0.3, -0.25) is 4.79 Å². The van der Waals surface area contributed by atoms with Crippen LogP contribution in [0.25, 0.3) is 0 Å². The molecule has 5 nitrogen and oxygen atoms in total. The van der Waals surface area contributed by atoms with Crippen LogP contribution in [0.2, 0.25) is 0 Å². The van der Waals surface area contributed by atoms with Crippen LogP contribution in [0.5, 0.6) is 0 Å². The van der Waals surface area contributed by atoms with E-state index >= 15 is 0 Å². The Morgan fingerprint density at radius 2 is 1.53 bits per heavy atom. The lowest BCUT2D eigenvalue weighted by Gasteiger charge is -2.35. The minimum Gasteiger partial charge on any atom is -0.498 e. The first-order valence-electron chi connectivity index (χ1n) is 13.5. The number of carbonyl (C=O) groups excluding carboxylic acids is 1. The van der Waals surface area contributed by atoms with Crippen LogP contribution in [-0.2, 0) is 9.53 Å². The standard InChI is InChI=1S/C29H51N3O2/c1-8-23(3)31-17-12-27(13-18-31)28(33)9-14-29(6,7)19-22(2)21-34-25(5)26-10-15-32(16-11-26)24(4)20-30/h22,26-27H,3-5,8-21,30H2,1-2,6-7H3. The van der Waals surface area contributed by atoms with Crippen molar-refractivity contribution in [1.82, 2.24) is 9.80 Å². The number of ether oxygens (including phenoxy) is 1. The van der Waals surface area contributed by atoms with Crippen LogP contribution < -0.4 is 5.73 Å². The van der Waals surface area contributed by atoms with Crippen molar-refractivity contribution in [3.05, 3.63) is 36.9 Å². The molecule has 2 N–H and O–H groups in total. The number of nitrogens with two attached hydrogens (primary N) is 1. The number of carbonyl (C=O) groups is 1. The summed E-state index contributed by atoms with van der Waals surface area (Å²) in [5, 5.41) is 0. The van der Waals surface area contributed by atoms with Gasteiger partial charge in [-0.2, -0.15) is 0 Å². The Morgan fingerprint density at radius 1 is 1.00 bits per heavy atom. The molecule has 2 saturated heterocycles. The van der Waals surface area contributed by atoms with Gasteiger partial charge in [0.15, 0.2) is 0 Å². The normalized spacial score (nSPS) is 19.1. The van der Waals surface area contributed by atoms with Gasteiger partial charge in [0, 0.05) is 62.4 Å². The third kappa shape index (κ3) is 8.79. The Bertz CT molecular complexity index is 698. The molecule has 0 aromatic heterocycles. The summed E-state index contributed by atoms with van der Waals surface area (Å²) in [6.07, 6.45) is 7.73. The molecule has 194 valence electrons. The largest absolute Gasteiger partial charge is 0.498 e. The zero-order valence-corrected chi connectivity index (χ0v) is 22.5. The molecule has 0 aromatic carbocycles. The quantitative estimate of drug-likeness (QED) is 0.326. The molecule has 1 unspecified atom stereocenters. The molecule has 2 aliphatic rings. The number of hydrogen-bond acceptors (Lipinski definition) is 5. The molecule has 2 rings (SSSR count). The number of allylic oxidation sites excluding steroid dienone is 2. The third-order valence-electron chi connectivity index (χ3n) is 7.94. The molecule has 0 aromatic rings. The van der Waals surface area contributed by atoms with E-state index in [4.69, 9.17) is 10.5 Å². The zero-order chi connectivity index (χ0) is 25.3. The number of piperidine rings is 2. The van der Waals surface area contributed by atoms with Crippen molar-refractivity contribution in [1.29, 1.82) is 0 Å². The van der Waals surface area contributed by atoms with E-state index in [1.165, 1.54) is 5.70 Å². The van der Waals surface area contributed by atoms with E-state index in [0.29, 0.717) is 37.2 Å². The van der Waals surface area contributed by atoms with Crippen molar-refractivity contribution in [3.63, 3.8) is 0 Å². The first-order chi connectivity index (χ1) is 16.1. The van der Waals surface area contributed by atoms with Crippen LogP contribution in [0, 0.1) is 23.2 Å². The molecule has 0 radical (unpaired) electrons. The van der Waals surface area contributed by atoms with Crippen molar-refractivity contribution >= 4 is 5.78 Å². The van der Waals surface area contributed by atoms with Gasteiger partial charge in [-0.25, -0.2) is 0 Å². The third-order valence-corrected chi connectivity index (χ3v) is 7.94. The van der Waals surface area contributed by atoms with Crippen molar-refractivity contribution in [2.75, 3.05) is 39.3 Å². The molecule has 5 heteroatoms. The molecule has 0 aliphatic carbocycles. The van der Waals surface area contributed by atoms with Crippen LogP contribution in [-0.4, -0.2) is 54.9 Å². The minimum atomic E-state index is 0.130. The molecule has 2 heterocycles. The molecular formula is C29H51N3O2. The fraction of sp³-hybridized carbons (Fsp3) is 0.759. The van der Waals surface area contributed by atoms with Gasteiger partial charge in [0.25, 0.3) is 0 Å². The van der Waals surface area contributed by atoms with E-state index in [2.05, 4.69) is 57.2 Å². The number of Topliss-reactive ketones (excluding diaryl/α,β-unsaturated/α-hetero) is 1. The van der Waals surface area contributed by atoms with Crippen LogP contribution in [0.15, 0.2) is 36.9 Å². The summed E-state index contributed by atoms with van der Waals surface area (Å²) >= 11 is 0. The minimum absolute atomic E-state index is 0.130. The Balaban J connectivity index is 1.66. The van der Waals surface area contributed by atoms with Crippen LogP contribution >= 0.6 is 0 Å². The van der Waals surface area contributed by atoms with E-state index in [1.807, 2.05) is 0 Å². The lowest BCUT2D eigenvalue weighted by atomic mass is 9.78. The molecule has 2 aliphatic heterocycles. The summed E-state index contributed by atoms with van der Waals surface area (Å²) in [5.74, 6) is 2.46. The number of likely N-dealkylation sites (tertiary alicyclic amines) is 2. The van der Waals surface area contributed by atoms with E-state index in [-0.39, 0.29) is 11.3 Å². The van der Waals surface area contributed by atoms with Crippen molar-refractivity contribution in [3.8, 4) is 0 Å². The second-order valence-electron chi connectivity index (χ2n) is 11.4. The van der Waals surface area contributed by atoms with Gasteiger partial charge in [-0.05, 0) is 56.3 Å². The lowest BCUT2D eigenvalue weighted by molar-refractivity contribution is -0.124. The van der Waals surface area contributed by atoms with Gasteiger partial charge in [0.05, 0.1) is 12.4 Å². The maximum Gasteiger partial charge on any atom is 0.136 e. The van der Waals surface area contributed by atoms with E-state index in [0.717, 1.165) is 82.6 Å². The van der Waals surface area contributed by atoms with Crippen LogP contribution in [0.3, 0.4) is 0 Å². The van der Waals surface area contributed by atoms with Crippen LogP contribution in [0.4, 0.5) is 0 Å². The summed E-state index contributed by atoms with van der Waals surface area (Å²) in [5.41, 5.74) is 8.07. The van der Waals surface area contributed by atoms with E-state index in [9.17, 15) is 4.79 Å². The van der Waals surface area contributed by atoms with Gasteiger partial charge in [0.2, 0.25) is 0 Å². The smallest absolute Gasteiger partial charge is 0.136 e. The van der Waals surface area contributed by atoms with Crippen molar-refractivity contribution in [2.24, 2.45) is 28.9 Å². The molecular weight excluding hydrogens is 422 g/mol. The molecule has 1 atom stereocenters. The maximum absolute atomic E-state index is 12.9. The summed E-state index contributed by atoms with van der Waals surface area (Å²) in [7, 11) is 0. The second kappa shape index (κ2) is 13.4. The highest BCUT2D eigenvalue weighted by atomic mass is 16.5. The van der Waals surface area contributed by atoms with Gasteiger partial charge in [-0.1, -0.05) is 47.4 Å². The average molecular weight is 474 g/mol. The molecule has 0 bridgehead atoms. The topological polar surface area (TPSA) is 58.8 Å². The number of ketones is 1. The fourth-order valence-electron chi connectivity index (χ4n) is 5.53. The Labute approximate surface area is 209 Å². The van der Waals surface area contributed by atoms with Crippen LogP contribution in [0.1, 0.15) is 79.1 Å². The molecule has 0 saturated carbocycles. The summed E-state index contributed by atoms with van der Waals surface area (Å²) in [6, 6.07) is 0. The van der Waals surface area contributed by atoms with Gasteiger partial charge >= 0.3 is 0 Å². The molecule has 0 amide bonds. The molecule has 2 fully saturated rings. The predicted octanol–water partition coefficient (Wildman–Crippen LogP) is 5.74. The maximum atomic E-state index is 12.9. The van der Waals surface area contributed by atoms with E-state index < -0.39 is 0 Å². The van der Waals surface area contributed by atoms with E-state index in [1.54, 1.807) is 0 Å². The lowest BCUT2D eigenvalue weighted by Crippen LogP contribution is -2.36. The SMILES string of the molecule is C=C(OCC(C)CC(C)(C)CCC(=O)C1CCN(C(=C)CC)CC1)C1CCN(C(=C)CN)CC1. The summed E-state index contributed by atoms with van der Waals surface area (Å²) in [6.45, 7) is 26.5. The van der Waals surface area contributed by atoms with Crippen molar-refractivity contribution in [2.45, 2.75) is 79.1 Å². The second-order valence-corrected chi connectivity index (χ2v) is 11.4. The first-order valence-corrected chi connectivity index (χ1v) is 13.5. The predicted molar refractivity (Wildman–Crippen MR) is 143 cm³/mol. The summed E-state index contributed by atoms with van der Waals surface area (Å²) in [4.78, 5) is 17.5. The summed E-state index contributed by atoms with van der Waals surface area (Å²) < 4.78 is 6.13.